The van der Waals surface area contributed by atoms with Gasteiger partial charge in [-0.05, 0) is 24.3 Å². The van der Waals surface area contributed by atoms with E-state index in [0.717, 1.165) is 16.3 Å². The van der Waals surface area contributed by atoms with E-state index in [-0.39, 0.29) is 0 Å². The van der Waals surface area contributed by atoms with Crippen LogP contribution in [0.2, 0.25) is 0 Å². The van der Waals surface area contributed by atoms with E-state index in [1.807, 2.05) is 30.3 Å². The van der Waals surface area contributed by atoms with E-state index in [2.05, 4.69) is 10.3 Å². The second-order valence-electron chi connectivity index (χ2n) is 3.84. The highest BCUT2D eigenvalue weighted by atomic mass is 32.1. The Kier molecular flexibility index (Phi) is 2.85. The number of para-hydroxylation sites is 1. The monoisotopic (exact) mass is 271 g/mol. The molecule has 0 aliphatic heterocycles. The molecule has 94 valence electrons. The summed E-state index contributed by atoms with van der Waals surface area (Å²) in [4.78, 5) is 12.0. The number of benzene rings is 1. The van der Waals surface area contributed by atoms with Gasteiger partial charge in [0.15, 0.2) is 0 Å². The van der Waals surface area contributed by atoms with Gasteiger partial charge in [0.1, 0.15) is 10.6 Å². The minimum atomic E-state index is -0.921. The normalized spacial score (nSPS) is 10.5. The third-order valence-corrected chi connectivity index (χ3v) is 3.72. The molecular weight excluding hydrogens is 262 g/mol. The maximum Gasteiger partial charge on any atom is 0.345 e. The van der Waals surface area contributed by atoms with Gasteiger partial charge >= 0.3 is 5.97 Å². The molecule has 19 heavy (non-hydrogen) atoms. The van der Waals surface area contributed by atoms with Crippen LogP contribution in [0.5, 0.6) is 0 Å². The Labute approximate surface area is 112 Å². The van der Waals surface area contributed by atoms with Crippen LogP contribution < -0.4 is 0 Å². The van der Waals surface area contributed by atoms with E-state index in [9.17, 15) is 4.79 Å². The summed E-state index contributed by atoms with van der Waals surface area (Å²) in [5, 5.41) is 16.9. The van der Waals surface area contributed by atoms with Crippen molar-refractivity contribution < 1.29 is 9.90 Å². The van der Waals surface area contributed by atoms with Crippen molar-refractivity contribution >= 4 is 17.3 Å². The summed E-state index contributed by atoms with van der Waals surface area (Å²) in [6.07, 6.45) is 1.63. The minimum absolute atomic E-state index is 0.302. The van der Waals surface area contributed by atoms with Gasteiger partial charge < -0.3 is 5.11 Å². The number of carboxylic acids is 1. The molecule has 6 heteroatoms. The molecule has 3 rings (SSSR count). The third-order valence-electron chi connectivity index (χ3n) is 2.62. The Morgan fingerprint density at radius 3 is 2.63 bits per heavy atom. The lowest BCUT2D eigenvalue weighted by Gasteiger charge is -2.03. The molecule has 5 nitrogen and oxygen atoms in total. The zero-order valence-corrected chi connectivity index (χ0v) is 10.5. The van der Waals surface area contributed by atoms with Crippen molar-refractivity contribution in [3.05, 3.63) is 53.5 Å². The number of carboxylic acid groups (broad SMARTS) is 1. The smallest absolute Gasteiger partial charge is 0.345 e. The molecule has 0 atom stereocenters. The summed E-state index contributed by atoms with van der Waals surface area (Å²) < 4.78 is 1.69. The number of carbonyl (C=O) groups is 1. The fraction of sp³-hybridized carbons (Fsp3) is 0. The van der Waals surface area contributed by atoms with E-state index in [1.54, 1.807) is 23.0 Å². The lowest BCUT2D eigenvalue weighted by atomic mass is 10.3. The van der Waals surface area contributed by atoms with Gasteiger partial charge in [0.25, 0.3) is 0 Å². The molecule has 0 fully saturated rings. The van der Waals surface area contributed by atoms with Crippen LogP contribution in [0.15, 0.2) is 48.7 Å². The predicted molar refractivity (Wildman–Crippen MR) is 71.6 cm³/mol. The predicted octanol–water partition coefficient (Wildman–Crippen LogP) is 2.69. The topological polar surface area (TPSA) is 68.0 Å². The van der Waals surface area contributed by atoms with Crippen LogP contribution in [-0.2, 0) is 0 Å². The SMILES string of the molecule is O=C(O)c1ccc(-c2cnnn2-c2ccccc2)s1. The van der Waals surface area contributed by atoms with Gasteiger partial charge in [0.2, 0.25) is 0 Å². The van der Waals surface area contributed by atoms with Gasteiger partial charge in [-0.15, -0.1) is 16.4 Å². The molecule has 0 radical (unpaired) electrons. The van der Waals surface area contributed by atoms with E-state index >= 15 is 0 Å². The Morgan fingerprint density at radius 2 is 1.95 bits per heavy atom. The number of rotatable bonds is 3. The molecule has 0 bridgehead atoms. The summed E-state index contributed by atoms with van der Waals surface area (Å²) in [5.74, 6) is -0.921. The van der Waals surface area contributed by atoms with Crippen molar-refractivity contribution in [1.29, 1.82) is 0 Å². The van der Waals surface area contributed by atoms with E-state index < -0.39 is 5.97 Å². The molecule has 1 N–H and O–H groups in total. The summed E-state index contributed by atoms with van der Waals surface area (Å²) in [6, 6.07) is 13.0. The molecule has 0 amide bonds. The fourth-order valence-corrected chi connectivity index (χ4v) is 2.59. The van der Waals surface area contributed by atoms with Crippen molar-refractivity contribution in [3.8, 4) is 16.3 Å². The van der Waals surface area contributed by atoms with Crippen LogP contribution in [-0.4, -0.2) is 26.1 Å². The lowest BCUT2D eigenvalue weighted by Crippen LogP contribution is -1.97. The molecule has 2 heterocycles. The third kappa shape index (κ3) is 2.13. The number of hydrogen-bond acceptors (Lipinski definition) is 4. The average Bonchev–Trinajstić information content (AvgIpc) is 3.08. The average molecular weight is 271 g/mol. The number of nitrogens with zero attached hydrogens (tertiary/aromatic N) is 3. The Morgan fingerprint density at radius 1 is 1.16 bits per heavy atom. The molecule has 0 aliphatic rings. The fourth-order valence-electron chi connectivity index (χ4n) is 1.75. The maximum atomic E-state index is 10.9. The van der Waals surface area contributed by atoms with Crippen LogP contribution in [0.4, 0.5) is 0 Å². The Balaban J connectivity index is 2.07. The van der Waals surface area contributed by atoms with Crippen molar-refractivity contribution in [3.63, 3.8) is 0 Å². The Hall–Kier alpha value is -2.47. The van der Waals surface area contributed by atoms with Gasteiger partial charge in [0, 0.05) is 0 Å². The van der Waals surface area contributed by atoms with Crippen LogP contribution >= 0.6 is 11.3 Å². The molecule has 0 unspecified atom stereocenters. The van der Waals surface area contributed by atoms with Crippen molar-refractivity contribution in [2.75, 3.05) is 0 Å². The van der Waals surface area contributed by atoms with E-state index in [1.165, 1.54) is 11.3 Å². The zero-order chi connectivity index (χ0) is 13.2. The first kappa shape index (κ1) is 11.6. The first-order valence-electron chi connectivity index (χ1n) is 5.55. The van der Waals surface area contributed by atoms with Gasteiger partial charge in [-0.3, -0.25) is 0 Å². The number of hydrogen-bond donors (Lipinski definition) is 1. The van der Waals surface area contributed by atoms with Gasteiger partial charge in [-0.2, -0.15) is 0 Å². The highest BCUT2D eigenvalue weighted by molar-refractivity contribution is 7.17. The minimum Gasteiger partial charge on any atom is -0.477 e. The summed E-state index contributed by atoms with van der Waals surface area (Å²) in [7, 11) is 0. The van der Waals surface area contributed by atoms with Crippen molar-refractivity contribution in [2.45, 2.75) is 0 Å². The molecule has 0 saturated carbocycles. The zero-order valence-electron chi connectivity index (χ0n) is 9.72. The van der Waals surface area contributed by atoms with Crippen LogP contribution in [0, 0.1) is 0 Å². The van der Waals surface area contributed by atoms with Crippen molar-refractivity contribution in [2.24, 2.45) is 0 Å². The molecule has 0 aliphatic carbocycles. The number of thiophene rings is 1. The lowest BCUT2D eigenvalue weighted by molar-refractivity contribution is 0.0702. The molecule has 1 aromatic carbocycles. The molecule has 2 aromatic heterocycles. The molecular formula is C13H9N3O2S. The second kappa shape index (κ2) is 4.66. The van der Waals surface area contributed by atoms with Crippen LogP contribution in [0.1, 0.15) is 9.67 Å². The van der Waals surface area contributed by atoms with Gasteiger partial charge in [-0.25, -0.2) is 9.48 Å². The first-order valence-corrected chi connectivity index (χ1v) is 6.37. The standard InChI is InChI=1S/C13H9N3O2S/c17-13(18)12-7-6-11(19-12)10-8-14-15-16(10)9-4-2-1-3-5-9/h1-8H,(H,17,18). The van der Waals surface area contributed by atoms with E-state index in [4.69, 9.17) is 5.11 Å². The summed E-state index contributed by atoms with van der Waals surface area (Å²) >= 11 is 1.21. The maximum absolute atomic E-state index is 10.9. The van der Waals surface area contributed by atoms with Gasteiger partial charge in [-0.1, -0.05) is 23.4 Å². The summed E-state index contributed by atoms with van der Waals surface area (Å²) in [5.41, 5.74) is 1.67. The highest BCUT2D eigenvalue weighted by Crippen LogP contribution is 2.28. The number of aromatic carboxylic acids is 1. The first-order chi connectivity index (χ1) is 9.25. The van der Waals surface area contributed by atoms with Gasteiger partial charge in [0.05, 0.1) is 16.8 Å². The quantitative estimate of drug-likeness (QED) is 0.795. The largest absolute Gasteiger partial charge is 0.477 e. The molecule has 3 aromatic rings. The highest BCUT2D eigenvalue weighted by Gasteiger charge is 2.13. The summed E-state index contributed by atoms with van der Waals surface area (Å²) in [6.45, 7) is 0. The van der Waals surface area contributed by atoms with Crippen LogP contribution in [0.25, 0.3) is 16.3 Å². The second-order valence-corrected chi connectivity index (χ2v) is 4.92. The molecule has 0 saturated heterocycles. The van der Waals surface area contributed by atoms with E-state index in [0.29, 0.717) is 4.88 Å². The Bertz CT molecular complexity index is 718. The van der Waals surface area contributed by atoms with Crippen LogP contribution in [0.3, 0.4) is 0 Å². The molecule has 0 spiro atoms. The number of aromatic nitrogens is 3. The van der Waals surface area contributed by atoms with Crippen molar-refractivity contribution in [1.82, 2.24) is 15.0 Å².